The van der Waals surface area contributed by atoms with Gasteiger partial charge in [0.2, 0.25) is 5.91 Å². The van der Waals surface area contributed by atoms with E-state index in [9.17, 15) is 26.7 Å². The summed E-state index contributed by atoms with van der Waals surface area (Å²) in [6.07, 6.45) is -4.53. The minimum atomic E-state index is -4.53. The first-order chi connectivity index (χ1) is 12.9. The summed E-state index contributed by atoms with van der Waals surface area (Å²) >= 11 is 0. The van der Waals surface area contributed by atoms with Crippen LogP contribution in [0.5, 0.6) is 0 Å². The standard InChI is InChI=1S/C19H16F5N3O/c1-18(12-7-8-13(20)14(21)9-12)15(16(28)27(2)17(25)26-18)10-3-5-11(6-4-10)19(22,23)24/h3-9,15H,1-2H3,(H2,25,26)/t15-,18+/m0/s1. The number of carbonyl (C=O) groups excluding carboxylic acids is 1. The van der Waals surface area contributed by atoms with Crippen molar-refractivity contribution in [3.05, 3.63) is 70.8 Å². The van der Waals surface area contributed by atoms with Gasteiger partial charge in [0.25, 0.3) is 0 Å². The van der Waals surface area contributed by atoms with Gasteiger partial charge in [-0.2, -0.15) is 13.2 Å². The van der Waals surface area contributed by atoms with E-state index in [2.05, 4.69) is 5.32 Å². The van der Waals surface area contributed by atoms with Gasteiger partial charge in [0, 0.05) is 7.05 Å². The van der Waals surface area contributed by atoms with Crippen LogP contribution in [0.15, 0.2) is 42.5 Å². The number of likely N-dealkylation sites (N-methyl/N-ethyl adjacent to an activating group) is 1. The first kappa shape index (κ1) is 19.8. The van der Waals surface area contributed by atoms with Crippen molar-refractivity contribution in [2.75, 3.05) is 7.05 Å². The molecule has 2 aromatic rings. The van der Waals surface area contributed by atoms with Crippen LogP contribution in [0.3, 0.4) is 0 Å². The van der Waals surface area contributed by atoms with Crippen LogP contribution in [0.2, 0.25) is 0 Å². The minimum Gasteiger partial charge on any atom is -0.346 e. The lowest BCUT2D eigenvalue weighted by Gasteiger charge is -2.46. The zero-order valence-electron chi connectivity index (χ0n) is 14.9. The molecule has 1 fully saturated rings. The molecule has 1 amide bonds. The van der Waals surface area contributed by atoms with Crippen LogP contribution in [0.25, 0.3) is 0 Å². The average molecular weight is 397 g/mol. The van der Waals surface area contributed by atoms with Crippen molar-refractivity contribution in [1.82, 2.24) is 10.2 Å². The maximum Gasteiger partial charge on any atom is 0.416 e. The largest absolute Gasteiger partial charge is 0.416 e. The van der Waals surface area contributed by atoms with Gasteiger partial charge in [-0.1, -0.05) is 18.2 Å². The first-order valence-electron chi connectivity index (χ1n) is 8.22. The zero-order valence-corrected chi connectivity index (χ0v) is 14.9. The van der Waals surface area contributed by atoms with E-state index < -0.39 is 40.7 Å². The highest BCUT2D eigenvalue weighted by Crippen LogP contribution is 2.41. The van der Waals surface area contributed by atoms with Crippen LogP contribution in [-0.2, 0) is 16.5 Å². The Morgan fingerprint density at radius 1 is 1.07 bits per heavy atom. The highest BCUT2D eigenvalue weighted by Gasteiger charge is 2.48. The van der Waals surface area contributed by atoms with E-state index in [4.69, 9.17) is 5.41 Å². The van der Waals surface area contributed by atoms with Gasteiger partial charge in [0.05, 0.1) is 17.0 Å². The Bertz CT molecular complexity index is 942. The Kier molecular flexibility index (Phi) is 4.64. The molecule has 148 valence electrons. The number of alkyl halides is 3. The van der Waals surface area contributed by atoms with Crippen molar-refractivity contribution in [3.63, 3.8) is 0 Å². The summed E-state index contributed by atoms with van der Waals surface area (Å²) < 4.78 is 65.7. The zero-order chi connectivity index (χ0) is 20.9. The number of hydrogen-bond acceptors (Lipinski definition) is 2. The first-order valence-corrected chi connectivity index (χ1v) is 8.22. The topological polar surface area (TPSA) is 56.2 Å². The molecule has 2 aromatic carbocycles. The molecule has 0 spiro atoms. The van der Waals surface area contributed by atoms with Gasteiger partial charge in [-0.3, -0.25) is 15.1 Å². The van der Waals surface area contributed by atoms with Crippen molar-refractivity contribution in [2.24, 2.45) is 0 Å². The fourth-order valence-corrected chi connectivity index (χ4v) is 3.35. The van der Waals surface area contributed by atoms with E-state index >= 15 is 0 Å². The highest BCUT2D eigenvalue weighted by atomic mass is 19.4. The predicted octanol–water partition coefficient (Wildman–Crippen LogP) is 3.98. The fraction of sp³-hybridized carbons (Fsp3) is 0.263. The molecule has 0 radical (unpaired) electrons. The fourth-order valence-electron chi connectivity index (χ4n) is 3.35. The number of rotatable bonds is 2. The van der Waals surface area contributed by atoms with Crippen LogP contribution in [0.1, 0.15) is 29.5 Å². The Hall–Kier alpha value is -2.97. The summed E-state index contributed by atoms with van der Waals surface area (Å²) in [6, 6.07) is 7.14. The van der Waals surface area contributed by atoms with E-state index in [1.807, 2.05) is 0 Å². The number of guanidine groups is 1. The van der Waals surface area contributed by atoms with Crippen LogP contribution < -0.4 is 5.32 Å². The monoisotopic (exact) mass is 397 g/mol. The molecule has 2 atom stereocenters. The van der Waals surface area contributed by atoms with Gasteiger partial charge in [-0.05, 0) is 42.3 Å². The molecule has 1 heterocycles. The molecular weight excluding hydrogens is 381 g/mol. The molecule has 2 N–H and O–H groups in total. The number of nitrogens with zero attached hydrogens (tertiary/aromatic N) is 1. The van der Waals surface area contributed by atoms with Gasteiger partial charge >= 0.3 is 6.18 Å². The van der Waals surface area contributed by atoms with Gasteiger partial charge < -0.3 is 5.32 Å². The molecular formula is C19H16F5N3O. The second-order valence-electron chi connectivity index (χ2n) is 6.75. The van der Waals surface area contributed by atoms with Gasteiger partial charge in [0.15, 0.2) is 17.6 Å². The molecule has 0 bridgehead atoms. The molecule has 1 aliphatic heterocycles. The lowest BCUT2D eigenvalue weighted by molar-refractivity contribution is -0.137. The third-order valence-electron chi connectivity index (χ3n) is 4.96. The van der Waals surface area contributed by atoms with Crippen molar-refractivity contribution in [3.8, 4) is 0 Å². The SMILES string of the molecule is CN1C(=N)N[C@](C)(c2ccc(F)c(F)c2)[C@@H](c2ccc(C(F)(F)F)cc2)C1=O. The van der Waals surface area contributed by atoms with Crippen molar-refractivity contribution >= 4 is 11.9 Å². The number of benzene rings is 2. The number of amides is 1. The molecule has 4 nitrogen and oxygen atoms in total. The second kappa shape index (κ2) is 6.57. The predicted molar refractivity (Wildman–Crippen MR) is 91.5 cm³/mol. The smallest absolute Gasteiger partial charge is 0.346 e. The van der Waals surface area contributed by atoms with E-state index in [1.54, 1.807) is 0 Å². The number of nitrogens with one attached hydrogen (secondary N) is 2. The molecule has 0 aromatic heterocycles. The summed E-state index contributed by atoms with van der Waals surface area (Å²) in [7, 11) is 1.35. The maximum atomic E-state index is 13.8. The third kappa shape index (κ3) is 3.21. The number of hydrogen-bond donors (Lipinski definition) is 2. The Morgan fingerprint density at radius 2 is 1.68 bits per heavy atom. The van der Waals surface area contributed by atoms with E-state index in [1.165, 1.54) is 32.2 Å². The highest BCUT2D eigenvalue weighted by molar-refractivity contribution is 6.02. The van der Waals surface area contributed by atoms with E-state index in [0.717, 1.165) is 29.2 Å². The van der Waals surface area contributed by atoms with Crippen LogP contribution in [-0.4, -0.2) is 23.8 Å². The van der Waals surface area contributed by atoms with Gasteiger partial charge in [0.1, 0.15) is 0 Å². The average Bonchev–Trinajstić information content (AvgIpc) is 2.62. The van der Waals surface area contributed by atoms with Gasteiger partial charge in [-0.25, -0.2) is 8.78 Å². The van der Waals surface area contributed by atoms with Crippen molar-refractivity contribution in [2.45, 2.75) is 24.6 Å². The Morgan fingerprint density at radius 3 is 2.21 bits per heavy atom. The maximum absolute atomic E-state index is 13.8. The molecule has 28 heavy (non-hydrogen) atoms. The lowest BCUT2D eigenvalue weighted by Crippen LogP contribution is -2.62. The third-order valence-corrected chi connectivity index (χ3v) is 4.96. The summed E-state index contributed by atoms with van der Waals surface area (Å²) in [5.41, 5.74) is -1.82. The Balaban J connectivity index is 2.14. The summed E-state index contributed by atoms with van der Waals surface area (Å²) in [5, 5.41) is 10.8. The van der Waals surface area contributed by atoms with Crippen molar-refractivity contribution in [1.29, 1.82) is 5.41 Å². The molecule has 0 saturated carbocycles. The quantitative estimate of drug-likeness (QED) is 0.754. The van der Waals surface area contributed by atoms with E-state index in [0.29, 0.717) is 0 Å². The Labute approximate surface area is 157 Å². The summed E-state index contributed by atoms with van der Waals surface area (Å²) in [6.45, 7) is 1.52. The molecule has 1 aliphatic rings. The van der Waals surface area contributed by atoms with E-state index in [-0.39, 0.29) is 17.1 Å². The summed E-state index contributed by atoms with van der Waals surface area (Å²) in [5.74, 6) is -4.10. The number of halogens is 5. The number of carbonyl (C=O) groups is 1. The van der Waals surface area contributed by atoms with Crippen LogP contribution in [0.4, 0.5) is 22.0 Å². The van der Waals surface area contributed by atoms with Crippen LogP contribution >= 0.6 is 0 Å². The van der Waals surface area contributed by atoms with Gasteiger partial charge in [-0.15, -0.1) is 0 Å². The van der Waals surface area contributed by atoms with Crippen molar-refractivity contribution < 1.29 is 26.7 Å². The second-order valence-corrected chi connectivity index (χ2v) is 6.75. The van der Waals surface area contributed by atoms with Crippen LogP contribution in [0, 0.1) is 17.0 Å². The molecule has 1 saturated heterocycles. The molecule has 0 unspecified atom stereocenters. The normalized spacial score (nSPS) is 23.0. The molecule has 9 heteroatoms. The molecule has 0 aliphatic carbocycles. The minimum absolute atomic E-state index is 0.183. The summed E-state index contributed by atoms with van der Waals surface area (Å²) in [4.78, 5) is 13.9. The lowest BCUT2D eigenvalue weighted by atomic mass is 9.73. The molecule has 3 rings (SSSR count).